The fourth-order valence-corrected chi connectivity index (χ4v) is 4.73. The number of nitro benzene ring substituents is 1. The number of nitrogens with zero attached hydrogens (tertiary/aromatic N) is 4. The molecule has 36 heavy (non-hydrogen) atoms. The van der Waals surface area contributed by atoms with Crippen molar-refractivity contribution in [1.29, 1.82) is 0 Å². The van der Waals surface area contributed by atoms with E-state index in [1.807, 2.05) is 20.2 Å². The van der Waals surface area contributed by atoms with Crippen LogP contribution in [0.4, 0.5) is 17.1 Å². The Kier molecular flexibility index (Phi) is 7.85. The number of piperazine rings is 1. The summed E-state index contributed by atoms with van der Waals surface area (Å²) in [7, 11) is 4.02. The quantitative estimate of drug-likeness (QED) is 0.378. The van der Waals surface area contributed by atoms with Crippen molar-refractivity contribution in [2.24, 2.45) is 0 Å². The summed E-state index contributed by atoms with van der Waals surface area (Å²) < 4.78 is 0. The van der Waals surface area contributed by atoms with Gasteiger partial charge in [0.1, 0.15) is 0 Å². The number of anilines is 2. The monoisotopic (exact) mass is 487 g/mol. The van der Waals surface area contributed by atoms with Crippen LogP contribution in [0.15, 0.2) is 72.8 Å². The topological polar surface area (TPSA) is 82.0 Å². The van der Waals surface area contributed by atoms with E-state index in [-0.39, 0.29) is 17.6 Å². The van der Waals surface area contributed by atoms with Gasteiger partial charge in [-0.05, 0) is 42.8 Å². The fraction of sp³-hybridized carbons (Fsp3) is 0.321. The van der Waals surface area contributed by atoms with Crippen LogP contribution in [-0.2, 0) is 0 Å². The first-order chi connectivity index (χ1) is 17.3. The summed E-state index contributed by atoms with van der Waals surface area (Å²) in [6.07, 6.45) is 0. The maximum absolute atomic E-state index is 13.1. The molecule has 1 heterocycles. The normalized spacial score (nSPS) is 14.8. The van der Waals surface area contributed by atoms with Gasteiger partial charge in [0.05, 0.1) is 11.0 Å². The molecule has 0 bridgehead atoms. The lowest BCUT2D eigenvalue weighted by molar-refractivity contribution is -0.385. The molecule has 1 aliphatic rings. The number of benzene rings is 3. The highest BCUT2D eigenvalue weighted by Gasteiger charge is 2.27. The van der Waals surface area contributed by atoms with Crippen molar-refractivity contribution < 1.29 is 9.72 Å². The summed E-state index contributed by atoms with van der Waals surface area (Å²) in [6.45, 7) is 5.55. The van der Waals surface area contributed by atoms with E-state index in [0.717, 1.165) is 37.4 Å². The predicted octanol–water partition coefficient (Wildman–Crippen LogP) is 4.26. The SMILES string of the molecule is Cc1c(C(=O)NCC(c2ccc(N(C)C)cc2)N2CCN(c3ccccc3)CC2)cccc1[N+](=O)[O-]. The number of nitro groups is 1. The Hall–Kier alpha value is -3.91. The van der Waals surface area contributed by atoms with Crippen LogP contribution in [-0.4, -0.2) is 62.5 Å². The van der Waals surface area contributed by atoms with Gasteiger partial charge < -0.3 is 15.1 Å². The minimum atomic E-state index is -0.451. The largest absolute Gasteiger partial charge is 0.378 e. The van der Waals surface area contributed by atoms with Crippen LogP contribution < -0.4 is 15.1 Å². The molecule has 1 aliphatic heterocycles. The summed E-state index contributed by atoms with van der Waals surface area (Å²) in [5.74, 6) is -0.297. The van der Waals surface area contributed by atoms with Crippen LogP contribution in [0.5, 0.6) is 0 Å². The summed E-state index contributed by atoms with van der Waals surface area (Å²) in [6, 6.07) is 23.4. The van der Waals surface area contributed by atoms with Crippen molar-refractivity contribution in [3.63, 3.8) is 0 Å². The van der Waals surface area contributed by atoms with Gasteiger partial charge in [-0.25, -0.2) is 0 Å². The van der Waals surface area contributed by atoms with E-state index in [1.54, 1.807) is 19.1 Å². The highest BCUT2D eigenvalue weighted by molar-refractivity contribution is 5.96. The lowest BCUT2D eigenvalue weighted by Crippen LogP contribution is -2.50. The van der Waals surface area contributed by atoms with Gasteiger partial charge >= 0.3 is 0 Å². The van der Waals surface area contributed by atoms with Crippen LogP contribution in [0.25, 0.3) is 0 Å². The third-order valence-electron chi connectivity index (χ3n) is 6.87. The van der Waals surface area contributed by atoms with Crippen LogP contribution >= 0.6 is 0 Å². The molecule has 0 spiro atoms. The van der Waals surface area contributed by atoms with Crippen LogP contribution in [0.2, 0.25) is 0 Å². The molecule has 0 radical (unpaired) electrons. The van der Waals surface area contributed by atoms with Crippen LogP contribution in [0.3, 0.4) is 0 Å². The number of hydrogen-bond donors (Lipinski definition) is 1. The highest BCUT2D eigenvalue weighted by Crippen LogP contribution is 2.26. The van der Waals surface area contributed by atoms with Gasteiger partial charge in [0.2, 0.25) is 0 Å². The Bertz CT molecular complexity index is 1190. The number of carbonyl (C=O) groups excluding carboxylic acids is 1. The Morgan fingerprint density at radius 3 is 2.25 bits per heavy atom. The Morgan fingerprint density at radius 1 is 0.972 bits per heavy atom. The Balaban J connectivity index is 1.51. The van der Waals surface area contributed by atoms with E-state index in [0.29, 0.717) is 17.7 Å². The summed E-state index contributed by atoms with van der Waals surface area (Å²) in [5, 5.41) is 14.4. The second kappa shape index (κ2) is 11.2. The number of amides is 1. The number of rotatable bonds is 8. The maximum Gasteiger partial charge on any atom is 0.273 e. The fourth-order valence-electron chi connectivity index (χ4n) is 4.73. The molecule has 0 aliphatic carbocycles. The van der Waals surface area contributed by atoms with Gasteiger partial charge in [0, 0.05) is 75.4 Å². The first-order valence-electron chi connectivity index (χ1n) is 12.2. The van der Waals surface area contributed by atoms with Gasteiger partial charge in [-0.3, -0.25) is 19.8 Å². The molecule has 3 aromatic rings. The lowest BCUT2D eigenvalue weighted by Gasteiger charge is -2.40. The van der Waals surface area contributed by atoms with E-state index in [4.69, 9.17) is 0 Å². The van der Waals surface area contributed by atoms with E-state index in [9.17, 15) is 14.9 Å². The molecule has 1 N–H and O–H groups in total. The molecule has 1 atom stereocenters. The van der Waals surface area contributed by atoms with Crippen LogP contribution in [0, 0.1) is 17.0 Å². The molecular formula is C28H33N5O3. The second-order valence-corrected chi connectivity index (χ2v) is 9.28. The van der Waals surface area contributed by atoms with Crippen molar-refractivity contribution in [3.05, 3.63) is 99.6 Å². The van der Waals surface area contributed by atoms with Gasteiger partial charge in [-0.15, -0.1) is 0 Å². The summed E-state index contributed by atoms with van der Waals surface area (Å²) in [4.78, 5) is 30.8. The van der Waals surface area contributed by atoms with Gasteiger partial charge in [-0.2, -0.15) is 0 Å². The number of para-hydroxylation sites is 1. The number of carbonyl (C=O) groups is 1. The molecule has 0 aromatic heterocycles. The van der Waals surface area contributed by atoms with Crippen molar-refractivity contribution in [2.45, 2.75) is 13.0 Å². The Labute approximate surface area is 212 Å². The first kappa shape index (κ1) is 25.2. The summed E-state index contributed by atoms with van der Waals surface area (Å²) >= 11 is 0. The molecule has 0 saturated carbocycles. The lowest BCUT2D eigenvalue weighted by atomic mass is 10.0. The molecular weight excluding hydrogens is 454 g/mol. The first-order valence-corrected chi connectivity index (χ1v) is 12.2. The number of nitrogens with one attached hydrogen (secondary N) is 1. The standard InChI is InChI=1S/C28H33N5O3/c1-21-25(10-7-11-26(21)33(35)36)28(34)29-20-27(22-12-14-23(15-13-22)30(2)3)32-18-16-31(17-19-32)24-8-5-4-6-9-24/h4-15,27H,16-20H2,1-3H3,(H,29,34). The van der Waals surface area contributed by atoms with Gasteiger partial charge in [0.15, 0.2) is 0 Å². The van der Waals surface area contributed by atoms with Gasteiger partial charge in [-0.1, -0.05) is 36.4 Å². The third-order valence-corrected chi connectivity index (χ3v) is 6.87. The van der Waals surface area contributed by atoms with Crippen molar-refractivity contribution in [2.75, 3.05) is 56.6 Å². The molecule has 4 rings (SSSR count). The molecule has 1 saturated heterocycles. The molecule has 188 valence electrons. The minimum Gasteiger partial charge on any atom is -0.378 e. The molecule has 1 amide bonds. The zero-order chi connectivity index (χ0) is 25.7. The Morgan fingerprint density at radius 2 is 1.64 bits per heavy atom. The third kappa shape index (κ3) is 5.66. The van der Waals surface area contributed by atoms with E-state index in [2.05, 4.69) is 68.5 Å². The smallest absolute Gasteiger partial charge is 0.273 e. The second-order valence-electron chi connectivity index (χ2n) is 9.28. The minimum absolute atomic E-state index is 0.0120. The average molecular weight is 488 g/mol. The van der Waals surface area contributed by atoms with Crippen molar-refractivity contribution >= 4 is 23.0 Å². The van der Waals surface area contributed by atoms with E-state index >= 15 is 0 Å². The van der Waals surface area contributed by atoms with E-state index < -0.39 is 4.92 Å². The predicted molar refractivity (Wildman–Crippen MR) is 144 cm³/mol. The molecule has 1 unspecified atom stereocenters. The van der Waals surface area contributed by atoms with Crippen molar-refractivity contribution in [1.82, 2.24) is 10.2 Å². The highest BCUT2D eigenvalue weighted by atomic mass is 16.6. The zero-order valence-corrected chi connectivity index (χ0v) is 21.1. The van der Waals surface area contributed by atoms with Crippen LogP contribution in [0.1, 0.15) is 27.5 Å². The van der Waals surface area contributed by atoms with E-state index in [1.165, 1.54) is 11.8 Å². The zero-order valence-electron chi connectivity index (χ0n) is 21.1. The van der Waals surface area contributed by atoms with Crippen molar-refractivity contribution in [3.8, 4) is 0 Å². The molecule has 3 aromatic carbocycles. The average Bonchev–Trinajstić information content (AvgIpc) is 2.90. The molecule has 1 fully saturated rings. The van der Waals surface area contributed by atoms with Gasteiger partial charge in [0.25, 0.3) is 11.6 Å². The summed E-state index contributed by atoms with van der Waals surface area (Å²) in [5.41, 5.74) is 4.13. The number of hydrogen-bond acceptors (Lipinski definition) is 6. The molecule has 8 nitrogen and oxygen atoms in total. The molecule has 8 heteroatoms. The maximum atomic E-state index is 13.1.